The zero-order valence-electron chi connectivity index (χ0n) is 88.1. The van der Waals surface area contributed by atoms with Gasteiger partial charge in [0.25, 0.3) is 0 Å². The number of fused-ring (bicyclic) bond motifs is 4. The largest absolute Gasteiger partial charge is 0.310 e. The average molecular weight is 2180 g/mol. The third-order valence-corrected chi connectivity index (χ3v) is 46.1. The molecule has 742 valence electrons. The number of hydrogen-bond donors (Lipinski definition) is 0. The molecule has 0 spiro atoms. The van der Waals surface area contributed by atoms with Crippen LogP contribution < -0.4 is 19.6 Å². The monoisotopic (exact) mass is 2170 g/mol. The standard InChI is InChI=1S/C66H56N2.C62H50Br2N2.3C4H9.C2H3.Sn/c1-7-47-23-31-53(32-24-47)65(3,4)55-35-43-59(44-36-55)67(63-21-13-17-51-15-9-11-19-61(51)63)57-39-27-49(28-40-57)50-29-41-58(42-30-50)68(64-22-14-18-52-16-10-12-20-62(52)64)60-45-37-56(38-46-60)66(5,6)54-33-25-48(8-2)26-34-54;1-61(2,47-23-31-51(63)32-24-47)49-27-39-55(40-28-49)65(59-17-9-13-45-11-5-7-15-57(45)59)53-35-19-43(20-36-53)44-21-37-54(38-22-44)66(60-18-10-14-46-12-6-8-16-58(46)60)56-41-29-50(30-42-56)62(3,4)48-25-33-52(64)34-26-48;3*1-3-4-2;1-2;/h7-46H,1-2H2,3-6H3;5-42H,1-4H3;3*1,3-4H2,2H3;1H,2H2;. The van der Waals surface area contributed by atoms with Crippen LogP contribution in [0.15, 0.2) is 494 Å². The van der Waals surface area contributed by atoms with E-state index in [1.165, 1.54) is 126 Å². The van der Waals surface area contributed by atoms with Crippen molar-refractivity contribution in [3.8, 4) is 22.3 Å². The SMILES string of the molecule is C=Cc1ccc(C(C)(C)c2ccc(N(c3ccc(-c4ccc(N(c5ccc(C(C)(C)c6ccc(C=C)cc6)cc5)c5cccc6ccccc56)cc4)cc3)c3cccc4ccccc34)cc2)cc1.C=[CH][Sn]([CH2]CCC)([CH2]CCC)[CH2]CCC.CC(C)(c1ccc(Br)cc1)c1ccc(N(c2ccc(-c3ccc(N(c4ccc(C(C)(C)c5ccc(Br)cc5)cc4)c4cccc5ccccc45)cc3)cc2)c2cccc3ccccc23)cc1. The molecule has 149 heavy (non-hydrogen) atoms. The van der Waals surface area contributed by atoms with Crippen LogP contribution in [0.2, 0.25) is 13.3 Å². The molecule has 20 aromatic rings. The quantitative estimate of drug-likeness (QED) is 0.0373. The number of halogens is 2. The fourth-order valence-electron chi connectivity index (χ4n) is 21.4. The van der Waals surface area contributed by atoms with Crippen molar-refractivity contribution < 1.29 is 0 Å². The van der Waals surface area contributed by atoms with Crippen LogP contribution in [-0.2, 0) is 21.7 Å². The van der Waals surface area contributed by atoms with E-state index in [2.05, 4.69) is 612 Å². The van der Waals surface area contributed by atoms with Crippen molar-refractivity contribution in [1.29, 1.82) is 0 Å². The summed E-state index contributed by atoms with van der Waals surface area (Å²) in [6.45, 7) is 37.4. The summed E-state index contributed by atoms with van der Waals surface area (Å²) in [5.41, 5.74) is 29.7. The summed E-state index contributed by atoms with van der Waals surface area (Å²) in [7, 11) is 0. The molecule has 0 aliphatic carbocycles. The van der Waals surface area contributed by atoms with Crippen LogP contribution in [0, 0.1) is 0 Å². The van der Waals surface area contributed by atoms with E-state index in [0.717, 1.165) is 111 Å². The van der Waals surface area contributed by atoms with Crippen molar-refractivity contribution in [3.63, 3.8) is 0 Å². The molecule has 20 rings (SSSR count). The van der Waals surface area contributed by atoms with Gasteiger partial charge in [-0.05, 0) is 245 Å². The third kappa shape index (κ3) is 23.2. The van der Waals surface area contributed by atoms with E-state index in [4.69, 9.17) is 0 Å². The number of hydrogen-bond acceptors (Lipinski definition) is 4. The summed E-state index contributed by atoms with van der Waals surface area (Å²) in [5.74, 6) is 0. The molecule has 0 fully saturated rings. The zero-order valence-corrected chi connectivity index (χ0v) is 94.2. The van der Waals surface area contributed by atoms with Crippen molar-refractivity contribution in [2.24, 2.45) is 0 Å². The van der Waals surface area contributed by atoms with Gasteiger partial charge in [0.2, 0.25) is 0 Å². The van der Waals surface area contributed by atoms with E-state index in [1.807, 2.05) is 12.2 Å². The predicted molar refractivity (Wildman–Crippen MR) is 657 cm³/mol. The van der Waals surface area contributed by atoms with Gasteiger partial charge in [0.1, 0.15) is 0 Å². The van der Waals surface area contributed by atoms with Gasteiger partial charge in [0.05, 0.1) is 22.7 Å². The second-order valence-corrected chi connectivity index (χ2v) is 56.8. The molecule has 0 saturated heterocycles. The van der Waals surface area contributed by atoms with Crippen LogP contribution in [0.5, 0.6) is 0 Å². The Labute approximate surface area is 906 Å². The van der Waals surface area contributed by atoms with E-state index in [1.54, 1.807) is 13.3 Å². The molecule has 0 saturated carbocycles. The maximum Gasteiger partial charge on any atom is 0.0540 e. The van der Waals surface area contributed by atoms with Gasteiger partial charge in [0, 0.05) is 97.6 Å². The summed E-state index contributed by atoms with van der Waals surface area (Å²) < 4.78 is 9.34. The van der Waals surface area contributed by atoms with Crippen molar-refractivity contribution in [1.82, 2.24) is 0 Å². The zero-order chi connectivity index (χ0) is 104. The smallest absolute Gasteiger partial charge is 0.0540 e. The van der Waals surface area contributed by atoms with Crippen LogP contribution in [-0.4, -0.2) is 18.4 Å². The van der Waals surface area contributed by atoms with E-state index in [0.29, 0.717) is 0 Å². The predicted octanol–water partition coefficient (Wildman–Crippen LogP) is 42.9. The van der Waals surface area contributed by atoms with Gasteiger partial charge in [-0.25, -0.2) is 0 Å². The molecule has 7 heteroatoms. The first-order valence-electron chi connectivity index (χ1n) is 53.0. The van der Waals surface area contributed by atoms with Gasteiger partial charge in [-0.3, -0.25) is 0 Å². The molecule has 0 N–H and O–H groups in total. The fraction of sp³-hybridized carbons (Fsp3) is 0.169. The molecule has 4 nitrogen and oxygen atoms in total. The van der Waals surface area contributed by atoms with E-state index >= 15 is 0 Å². The maximum atomic E-state index is 4.19. The molecule has 0 aliphatic heterocycles. The van der Waals surface area contributed by atoms with Crippen molar-refractivity contribution in [2.45, 2.75) is 150 Å². The Balaban J connectivity index is 0.000000171. The third-order valence-electron chi connectivity index (χ3n) is 31.0. The Morgan fingerprint density at radius 3 is 0.577 bits per heavy atom. The first-order chi connectivity index (χ1) is 72.4. The second-order valence-electron chi connectivity index (χ2n) is 41.8. The van der Waals surface area contributed by atoms with E-state index in [-0.39, 0.29) is 21.7 Å². The van der Waals surface area contributed by atoms with Gasteiger partial charge >= 0.3 is 102 Å². The average Bonchev–Trinajstić information content (AvgIpc) is 0.772. The number of benzene rings is 20. The van der Waals surface area contributed by atoms with Crippen LogP contribution in [0.25, 0.3) is 77.5 Å². The number of unbranched alkanes of at least 4 members (excludes halogenated alkanes) is 3. The molecule has 0 heterocycles. The molecule has 0 unspecified atom stereocenters. The van der Waals surface area contributed by atoms with E-state index in [9.17, 15) is 0 Å². The summed E-state index contributed by atoms with van der Waals surface area (Å²) >= 11 is 5.37. The van der Waals surface area contributed by atoms with E-state index < -0.39 is 18.4 Å². The summed E-state index contributed by atoms with van der Waals surface area (Å²) in [4.78, 5) is 9.55. The maximum absolute atomic E-state index is 4.19. The van der Waals surface area contributed by atoms with Crippen LogP contribution in [0.4, 0.5) is 68.2 Å². The molecule has 20 aromatic carbocycles. The number of anilines is 12. The first-order valence-corrected chi connectivity index (χ1v) is 62.3. The number of rotatable bonds is 34. The number of nitrogens with zero attached hydrogens (tertiary/aromatic N) is 4. The Kier molecular flexibility index (Phi) is 33.0. The molecule has 0 aliphatic rings. The Hall–Kier alpha value is -14.4. The van der Waals surface area contributed by atoms with Gasteiger partial charge < -0.3 is 19.6 Å². The van der Waals surface area contributed by atoms with Gasteiger partial charge in [-0.2, -0.15) is 0 Å². The van der Waals surface area contributed by atoms with Crippen molar-refractivity contribution >= 4 is 174 Å². The Morgan fingerprint density at radius 1 is 0.215 bits per heavy atom. The molecular formula is C142H136Br2N4Sn. The topological polar surface area (TPSA) is 13.0 Å². The molecule has 0 aromatic heterocycles. The Bertz CT molecular complexity index is 7450. The van der Waals surface area contributed by atoms with Gasteiger partial charge in [-0.15, -0.1) is 0 Å². The summed E-state index contributed by atoms with van der Waals surface area (Å²) in [6, 6.07) is 168. The summed E-state index contributed by atoms with van der Waals surface area (Å²) in [6.07, 6.45) is 12.2. The normalized spacial score (nSPS) is 11.7. The Morgan fingerprint density at radius 2 is 0.389 bits per heavy atom. The van der Waals surface area contributed by atoms with Crippen molar-refractivity contribution in [3.05, 3.63) is 549 Å². The molecule has 0 bridgehead atoms. The minimum absolute atomic E-state index is 0.158. The second kappa shape index (κ2) is 47.0. The van der Waals surface area contributed by atoms with Crippen LogP contribution >= 0.6 is 31.9 Å². The van der Waals surface area contributed by atoms with Crippen LogP contribution in [0.1, 0.15) is 170 Å². The van der Waals surface area contributed by atoms with Gasteiger partial charge in [0.15, 0.2) is 0 Å². The minimum Gasteiger partial charge on any atom is -0.310 e. The molecule has 0 radical (unpaired) electrons. The summed E-state index contributed by atoms with van der Waals surface area (Å²) in [5, 5.41) is 9.66. The molecular weight excluding hydrogens is 2040 g/mol. The minimum atomic E-state index is -1.85. The first kappa shape index (κ1) is 105. The van der Waals surface area contributed by atoms with Gasteiger partial charge in [-0.1, -0.05) is 428 Å². The van der Waals surface area contributed by atoms with Crippen molar-refractivity contribution in [2.75, 3.05) is 19.6 Å². The fourth-order valence-corrected chi connectivity index (χ4v) is 34.9. The molecule has 0 amide bonds. The molecule has 0 atom stereocenters. The van der Waals surface area contributed by atoms with Crippen LogP contribution in [0.3, 0.4) is 0 Å².